The predicted molar refractivity (Wildman–Crippen MR) is 76.0 cm³/mol. The molecule has 2 aromatic rings. The highest BCUT2D eigenvalue weighted by Gasteiger charge is 2.12. The van der Waals surface area contributed by atoms with Crippen LogP contribution in [0.2, 0.25) is 0 Å². The van der Waals surface area contributed by atoms with Crippen molar-refractivity contribution in [2.24, 2.45) is 0 Å². The van der Waals surface area contributed by atoms with Gasteiger partial charge in [0.25, 0.3) is 0 Å². The van der Waals surface area contributed by atoms with Gasteiger partial charge in [-0.15, -0.1) is 11.3 Å². The van der Waals surface area contributed by atoms with E-state index in [-0.39, 0.29) is 5.78 Å². The van der Waals surface area contributed by atoms with Crippen LogP contribution in [0, 0.1) is 0 Å². The number of hydrogen-bond acceptors (Lipinski definition) is 3. The number of carbonyl (C=O) groups excluding carboxylic acids is 1. The quantitative estimate of drug-likeness (QED) is 0.741. The number of rotatable bonds is 6. The summed E-state index contributed by atoms with van der Waals surface area (Å²) in [6, 6.07) is 14.1. The summed E-state index contributed by atoms with van der Waals surface area (Å²) >= 11 is 1.51. The molecule has 1 aromatic heterocycles. The van der Waals surface area contributed by atoms with E-state index >= 15 is 0 Å². The highest BCUT2D eigenvalue weighted by Crippen LogP contribution is 2.11. The maximum atomic E-state index is 12.0. The lowest BCUT2D eigenvalue weighted by molar-refractivity contribution is 0.0933. The molecule has 0 saturated heterocycles. The van der Waals surface area contributed by atoms with Crippen LogP contribution in [-0.2, 0) is 6.54 Å². The molecule has 0 aliphatic rings. The average molecular weight is 259 g/mol. The Bertz CT molecular complexity index is 478. The van der Waals surface area contributed by atoms with Crippen LogP contribution in [0.25, 0.3) is 0 Å². The third-order valence-electron chi connectivity index (χ3n) is 2.86. The van der Waals surface area contributed by atoms with Crippen molar-refractivity contribution in [2.75, 3.05) is 13.1 Å². The van der Waals surface area contributed by atoms with Gasteiger partial charge in [0.15, 0.2) is 5.78 Å². The predicted octanol–water partition coefficient (Wildman–Crippen LogP) is 3.45. The normalized spacial score (nSPS) is 10.8. The number of benzene rings is 1. The van der Waals surface area contributed by atoms with Gasteiger partial charge in [-0.25, -0.2) is 0 Å². The van der Waals surface area contributed by atoms with E-state index in [9.17, 15) is 4.79 Å². The molecule has 0 fully saturated rings. The number of hydrogen-bond donors (Lipinski definition) is 0. The van der Waals surface area contributed by atoms with E-state index in [4.69, 9.17) is 0 Å². The van der Waals surface area contributed by atoms with Crippen molar-refractivity contribution in [1.29, 1.82) is 0 Å². The first-order valence-corrected chi connectivity index (χ1v) is 7.00. The summed E-state index contributed by atoms with van der Waals surface area (Å²) in [5.41, 5.74) is 1.25. The molecule has 0 radical (unpaired) electrons. The van der Waals surface area contributed by atoms with E-state index in [2.05, 4.69) is 24.0 Å². The molecule has 0 spiro atoms. The first kappa shape index (κ1) is 13.0. The summed E-state index contributed by atoms with van der Waals surface area (Å²) < 4.78 is 0. The van der Waals surface area contributed by atoms with E-state index in [1.54, 1.807) is 0 Å². The number of likely N-dealkylation sites (N-methyl/N-ethyl adjacent to an activating group) is 1. The van der Waals surface area contributed by atoms with Crippen LogP contribution in [0.3, 0.4) is 0 Å². The molecule has 2 nitrogen and oxygen atoms in total. The second kappa shape index (κ2) is 6.47. The van der Waals surface area contributed by atoms with Gasteiger partial charge in [0.05, 0.1) is 11.4 Å². The van der Waals surface area contributed by atoms with Gasteiger partial charge in [0.2, 0.25) is 0 Å². The Morgan fingerprint density at radius 3 is 2.56 bits per heavy atom. The fourth-order valence-corrected chi connectivity index (χ4v) is 2.50. The Kier molecular flexibility index (Phi) is 4.67. The summed E-state index contributed by atoms with van der Waals surface area (Å²) in [5, 5.41) is 1.95. The minimum Gasteiger partial charge on any atom is -0.292 e. The Hall–Kier alpha value is -1.45. The van der Waals surface area contributed by atoms with E-state index in [0.717, 1.165) is 18.0 Å². The molecule has 0 aliphatic heterocycles. The third-order valence-corrected chi connectivity index (χ3v) is 3.77. The highest BCUT2D eigenvalue weighted by molar-refractivity contribution is 7.12. The van der Waals surface area contributed by atoms with E-state index in [1.807, 2.05) is 35.7 Å². The van der Waals surface area contributed by atoms with Crippen LogP contribution >= 0.6 is 11.3 Å². The van der Waals surface area contributed by atoms with Crippen LogP contribution < -0.4 is 0 Å². The average Bonchev–Trinajstić information content (AvgIpc) is 2.93. The van der Waals surface area contributed by atoms with Crippen LogP contribution in [-0.4, -0.2) is 23.8 Å². The van der Waals surface area contributed by atoms with E-state index < -0.39 is 0 Å². The molecule has 3 heteroatoms. The van der Waals surface area contributed by atoms with Crippen molar-refractivity contribution < 1.29 is 4.79 Å². The van der Waals surface area contributed by atoms with E-state index in [0.29, 0.717) is 6.54 Å². The van der Waals surface area contributed by atoms with Gasteiger partial charge in [-0.1, -0.05) is 43.3 Å². The zero-order valence-corrected chi connectivity index (χ0v) is 11.3. The Balaban J connectivity index is 1.96. The fourth-order valence-electron chi connectivity index (χ4n) is 1.84. The van der Waals surface area contributed by atoms with Crippen LogP contribution in [0.5, 0.6) is 0 Å². The molecule has 2 rings (SSSR count). The molecule has 0 atom stereocenters. The molecule has 0 unspecified atom stereocenters. The zero-order chi connectivity index (χ0) is 12.8. The topological polar surface area (TPSA) is 20.3 Å². The van der Waals surface area contributed by atoms with Crippen molar-refractivity contribution >= 4 is 17.1 Å². The van der Waals surface area contributed by atoms with Crippen LogP contribution in [0.15, 0.2) is 47.8 Å². The molecule has 0 N–H and O–H groups in total. The number of ketones is 1. The molecular formula is C15H17NOS. The summed E-state index contributed by atoms with van der Waals surface area (Å²) in [6.45, 7) is 4.29. The summed E-state index contributed by atoms with van der Waals surface area (Å²) in [4.78, 5) is 15.0. The summed E-state index contributed by atoms with van der Waals surface area (Å²) in [6.07, 6.45) is 0. The van der Waals surface area contributed by atoms with Gasteiger partial charge >= 0.3 is 0 Å². The van der Waals surface area contributed by atoms with Crippen LogP contribution in [0.1, 0.15) is 22.2 Å². The smallest absolute Gasteiger partial charge is 0.186 e. The first-order valence-electron chi connectivity index (χ1n) is 6.12. The number of nitrogens with zero attached hydrogens (tertiary/aromatic N) is 1. The van der Waals surface area contributed by atoms with Gasteiger partial charge in [-0.2, -0.15) is 0 Å². The van der Waals surface area contributed by atoms with E-state index in [1.165, 1.54) is 16.9 Å². The molecule has 18 heavy (non-hydrogen) atoms. The fraction of sp³-hybridized carbons (Fsp3) is 0.267. The molecule has 0 amide bonds. The van der Waals surface area contributed by atoms with Gasteiger partial charge in [-0.05, 0) is 23.6 Å². The zero-order valence-electron chi connectivity index (χ0n) is 10.5. The molecule has 0 saturated carbocycles. The minimum atomic E-state index is 0.211. The second-order valence-corrected chi connectivity index (χ2v) is 5.14. The van der Waals surface area contributed by atoms with Gasteiger partial charge in [0, 0.05) is 6.54 Å². The summed E-state index contributed by atoms with van der Waals surface area (Å²) in [7, 11) is 0. The Labute approximate surface area is 112 Å². The van der Waals surface area contributed by atoms with Crippen molar-refractivity contribution in [3.8, 4) is 0 Å². The lowest BCUT2D eigenvalue weighted by Gasteiger charge is -2.19. The van der Waals surface area contributed by atoms with Gasteiger partial charge < -0.3 is 0 Å². The monoisotopic (exact) mass is 259 g/mol. The van der Waals surface area contributed by atoms with Crippen molar-refractivity contribution in [2.45, 2.75) is 13.5 Å². The third kappa shape index (κ3) is 3.52. The largest absolute Gasteiger partial charge is 0.292 e. The molecular weight excluding hydrogens is 242 g/mol. The van der Waals surface area contributed by atoms with Crippen molar-refractivity contribution in [3.63, 3.8) is 0 Å². The molecule has 1 aromatic carbocycles. The highest BCUT2D eigenvalue weighted by atomic mass is 32.1. The lowest BCUT2D eigenvalue weighted by Crippen LogP contribution is -2.29. The number of thiophene rings is 1. The molecule has 0 aliphatic carbocycles. The standard InChI is InChI=1S/C15H17NOS/c1-2-16(11-13-7-4-3-5-8-13)12-14(17)15-9-6-10-18-15/h3-10H,2,11-12H2,1H3. The SMILES string of the molecule is CCN(CC(=O)c1cccs1)Cc1ccccc1. The van der Waals surface area contributed by atoms with Gasteiger partial charge in [0.1, 0.15) is 0 Å². The second-order valence-electron chi connectivity index (χ2n) is 4.19. The number of carbonyl (C=O) groups is 1. The van der Waals surface area contributed by atoms with Crippen molar-refractivity contribution in [1.82, 2.24) is 4.90 Å². The Morgan fingerprint density at radius 1 is 1.17 bits per heavy atom. The lowest BCUT2D eigenvalue weighted by atomic mass is 10.2. The van der Waals surface area contributed by atoms with Crippen LogP contribution in [0.4, 0.5) is 0 Å². The number of Topliss-reactive ketones (excluding diaryl/α,β-unsaturated/α-hetero) is 1. The van der Waals surface area contributed by atoms with Gasteiger partial charge in [-0.3, -0.25) is 9.69 Å². The maximum absolute atomic E-state index is 12.0. The molecule has 94 valence electrons. The maximum Gasteiger partial charge on any atom is 0.186 e. The molecule has 1 heterocycles. The molecule has 0 bridgehead atoms. The Morgan fingerprint density at radius 2 is 1.94 bits per heavy atom. The first-order chi connectivity index (χ1) is 8.79. The summed E-state index contributed by atoms with van der Waals surface area (Å²) in [5.74, 6) is 0.211. The van der Waals surface area contributed by atoms with Crippen molar-refractivity contribution in [3.05, 3.63) is 58.3 Å². The minimum absolute atomic E-state index is 0.211.